The molecule has 0 atom stereocenters. The number of halogens is 2. The van der Waals surface area contributed by atoms with Crippen LogP contribution in [0.1, 0.15) is 25.5 Å². The third-order valence-electron chi connectivity index (χ3n) is 2.52. The third-order valence-corrected chi connectivity index (χ3v) is 2.52. The molecule has 0 aliphatic rings. The van der Waals surface area contributed by atoms with E-state index >= 15 is 0 Å². The van der Waals surface area contributed by atoms with Crippen molar-refractivity contribution >= 4 is 5.69 Å². The maximum atomic E-state index is 13.6. The van der Waals surface area contributed by atoms with Gasteiger partial charge in [-0.25, -0.2) is 13.5 Å². The summed E-state index contributed by atoms with van der Waals surface area (Å²) in [5.74, 6) is -1.17. The number of nitrogen functional groups attached to an aromatic ring is 1. The smallest absolute Gasteiger partial charge is 0.151 e. The SMILES string of the molecule is CC(C)c1c(N)cnn1-c1ccc(F)cc1F. The molecule has 0 aliphatic heterocycles. The standard InChI is InChI=1S/C12H13F2N3/c1-7(2)12-10(15)6-16-17(12)11-4-3-8(13)5-9(11)14/h3-7H,15H2,1-2H3. The lowest BCUT2D eigenvalue weighted by Crippen LogP contribution is -2.07. The number of benzene rings is 1. The first-order valence-corrected chi connectivity index (χ1v) is 5.29. The quantitative estimate of drug-likeness (QED) is 0.872. The van der Waals surface area contributed by atoms with E-state index in [9.17, 15) is 8.78 Å². The Labute approximate surface area is 97.9 Å². The zero-order chi connectivity index (χ0) is 12.6. The van der Waals surface area contributed by atoms with E-state index in [2.05, 4.69) is 5.10 Å². The molecule has 1 aromatic carbocycles. The highest BCUT2D eigenvalue weighted by Crippen LogP contribution is 2.25. The summed E-state index contributed by atoms with van der Waals surface area (Å²) in [6, 6.07) is 3.38. The first-order valence-electron chi connectivity index (χ1n) is 5.29. The van der Waals surface area contributed by atoms with Gasteiger partial charge in [-0.1, -0.05) is 13.8 Å². The molecule has 0 unspecified atom stereocenters. The lowest BCUT2D eigenvalue weighted by Gasteiger charge is -2.11. The van der Waals surface area contributed by atoms with Crippen LogP contribution < -0.4 is 5.73 Å². The van der Waals surface area contributed by atoms with E-state index in [4.69, 9.17) is 5.73 Å². The Morgan fingerprint density at radius 1 is 1.29 bits per heavy atom. The Balaban J connectivity index is 2.61. The van der Waals surface area contributed by atoms with Gasteiger partial charge in [-0.05, 0) is 18.1 Å². The molecule has 0 radical (unpaired) electrons. The number of hydrogen-bond acceptors (Lipinski definition) is 2. The molecule has 0 bridgehead atoms. The number of aromatic nitrogens is 2. The maximum Gasteiger partial charge on any atom is 0.151 e. The van der Waals surface area contributed by atoms with E-state index in [0.29, 0.717) is 5.69 Å². The van der Waals surface area contributed by atoms with Crippen LogP contribution in [0.3, 0.4) is 0 Å². The summed E-state index contributed by atoms with van der Waals surface area (Å²) in [6.45, 7) is 3.87. The Kier molecular flexibility index (Phi) is 2.83. The minimum Gasteiger partial charge on any atom is -0.396 e. The molecular formula is C12H13F2N3. The molecule has 5 heteroatoms. The van der Waals surface area contributed by atoms with Crippen LogP contribution in [0.25, 0.3) is 5.69 Å². The van der Waals surface area contributed by atoms with Crippen LogP contribution in [-0.4, -0.2) is 9.78 Å². The van der Waals surface area contributed by atoms with E-state index in [1.54, 1.807) is 0 Å². The van der Waals surface area contributed by atoms with Crippen molar-refractivity contribution in [3.8, 4) is 5.69 Å². The average molecular weight is 237 g/mol. The summed E-state index contributed by atoms with van der Waals surface area (Å²) >= 11 is 0. The summed E-state index contributed by atoms with van der Waals surface area (Å²) in [5, 5.41) is 4.03. The van der Waals surface area contributed by atoms with Crippen LogP contribution in [0, 0.1) is 11.6 Å². The van der Waals surface area contributed by atoms with Gasteiger partial charge in [0.15, 0.2) is 5.82 Å². The normalized spacial score (nSPS) is 11.1. The topological polar surface area (TPSA) is 43.8 Å². The van der Waals surface area contributed by atoms with Crippen molar-refractivity contribution in [3.63, 3.8) is 0 Å². The Morgan fingerprint density at radius 2 is 2.00 bits per heavy atom. The fourth-order valence-corrected chi connectivity index (χ4v) is 1.79. The molecule has 0 saturated carbocycles. The van der Waals surface area contributed by atoms with Crippen LogP contribution >= 0.6 is 0 Å². The van der Waals surface area contributed by atoms with Gasteiger partial charge in [0.05, 0.1) is 17.6 Å². The average Bonchev–Trinajstić information content (AvgIpc) is 2.60. The van der Waals surface area contributed by atoms with Gasteiger partial charge in [0.1, 0.15) is 11.5 Å². The van der Waals surface area contributed by atoms with E-state index in [1.165, 1.54) is 23.0 Å². The highest BCUT2D eigenvalue weighted by atomic mass is 19.1. The van der Waals surface area contributed by atoms with Crippen molar-refractivity contribution in [2.45, 2.75) is 19.8 Å². The van der Waals surface area contributed by atoms with Crippen molar-refractivity contribution in [2.75, 3.05) is 5.73 Å². The van der Waals surface area contributed by atoms with Crippen molar-refractivity contribution in [1.29, 1.82) is 0 Å². The maximum absolute atomic E-state index is 13.6. The van der Waals surface area contributed by atoms with Crippen LogP contribution in [0.2, 0.25) is 0 Å². The largest absolute Gasteiger partial charge is 0.396 e. The van der Waals surface area contributed by atoms with Crippen LogP contribution in [0.15, 0.2) is 24.4 Å². The molecule has 0 spiro atoms. The molecule has 2 N–H and O–H groups in total. The fourth-order valence-electron chi connectivity index (χ4n) is 1.79. The van der Waals surface area contributed by atoms with E-state index in [0.717, 1.165) is 11.8 Å². The Hall–Kier alpha value is -1.91. The number of hydrogen-bond donors (Lipinski definition) is 1. The third kappa shape index (κ3) is 2.00. The monoisotopic (exact) mass is 237 g/mol. The molecule has 1 heterocycles. The van der Waals surface area contributed by atoms with Gasteiger partial charge in [-0.15, -0.1) is 0 Å². The lowest BCUT2D eigenvalue weighted by atomic mass is 10.1. The number of nitrogens with zero attached hydrogens (tertiary/aromatic N) is 2. The molecule has 0 amide bonds. The molecule has 90 valence electrons. The van der Waals surface area contributed by atoms with E-state index in [-0.39, 0.29) is 11.6 Å². The van der Waals surface area contributed by atoms with Crippen molar-refractivity contribution < 1.29 is 8.78 Å². The number of anilines is 1. The second kappa shape index (κ2) is 4.16. The predicted molar refractivity (Wildman–Crippen MR) is 62.0 cm³/mol. The van der Waals surface area contributed by atoms with Crippen molar-refractivity contribution in [1.82, 2.24) is 9.78 Å². The summed E-state index contributed by atoms with van der Waals surface area (Å²) in [4.78, 5) is 0. The van der Waals surface area contributed by atoms with Crippen molar-refractivity contribution in [2.24, 2.45) is 0 Å². The van der Waals surface area contributed by atoms with Gasteiger partial charge in [0.2, 0.25) is 0 Å². The minimum absolute atomic E-state index is 0.0990. The van der Waals surface area contributed by atoms with Crippen LogP contribution in [-0.2, 0) is 0 Å². The molecule has 0 aliphatic carbocycles. The summed E-state index contributed by atoms with van der Waals surface area (Å²) in [6.07, 6.45) is 1.47. The van der Waals surface area contributed by atoms with E-state index in [1.807, 2.05) is 13.8 Å². The molecule has 2 rings (SSSR count). The first kappa shape index (κ1) is 11.6. The van der Waals surface area contributed by atoms with Gasteiger partial charge in [0.25, 0.3) is 0 Å². The first-order chi connectivity index (χ1) is 8.00. The second-order valence-corrected chi connectivity index (χ2v) is 4.15. The molecular weight excluding hydrogens is 224 g/mol. The number of rotatable bonds is 2. The zero-order valence-corrected chi connectivity index (χ0v) is 9.61. The highest BCUT2D eigenvalue weighted by Gasteiger charge is 2.16. The predicted octanol–water partition coefficient (Wildman–Crippen LogP) is 2.86. The van der Waals surface area contributed by atoms with Gasteiger partial charge in [-0.3, -0.25) is 0 Å². The Morgan fingerprint density at radius 3 is 2.59 bits per heavy atom. The fraction of sp³-hybridized carbons (Fsp3) is 0.250. The molecule has 17 heavy (non-hydrogen) atoms. The molecule has 0 fully saturated rings. The van der Waals surface area contributed by atoms with Gasteiger partial charge < -0.3 is 5.73 Å². The molecule has 3 nitrogen and oxygen atoms in total. The van der Waals surface area contributed by atoms with Crippen LogP contribution in [0.4, 0.5) is 14.5 Å². The minimum atomic E-state index is -0.657. The van der Waals surface area contributed by atoms with Gasteiger partial charge >= 0.3 is 0 Å². The summed E-state index contributed by atoms with van der Waals surface area (Å²) in [5.41, 5.74) is 7.20. The summed E-state index contributed by atoms with van der Waals surface area (Å²) < 4.78 is 27.9. The lowest BCUT2D eigenvalue weighted by molar-refractivity contribution is 0.569. The highest BCUT2D eigenvalue weighted by molar-refractivity contribution is 5.48. The van der Waals surface area contributed by atoms with Gasteiger partial charge in [0, 0.05) is 6.07 Å². The number of nitrogens with two attached hydrogens (primary N) is 1. The molecule has 0 saturated heterocycles. The van der Waals surface area contributed by atoms with Crippen molar-refractivity contribution in [3.05, 3.63) is 41.7 Å². The summed E-state index contributed by atoms with van der Waals surface area (Å²) in [7, 11) is 0. The Bertz CT molecular complexity index is 547. The van der Waals surface area contributed by atoms with Gasteiger partial charge in [-0.2, -0.15) is 5.10 Å². The van der Waals surface area contributed by atoms with E-state index < -0.39 is 11.6 Å². The van der Waals surface area contributed by atoms with Crippen LogP contribution in [0.5, 0.6) is 0 Å². The molecule has 2 aromatic rings. The second-order valence-electron chi connectivity index (χ2n) is 4.15. The molecule has 1 aromatic heterocycles. The zero-order valence-electron chi connectivity index (χ0n) is 9.61.